The molecule has 4 rings (SSSR count). The van der Waals surface area contributed by atoms with Crippen LogP contribution < -0.4 is 4.72 Å². The van der Waals surface area contributed by atoms with E-state index >= 15 is 0 Å². The number of para-hydroxylation sites is 1. The molecule has 0 fully saturated rings. The van der Waals surface area contributed by atoms with Gasteiger partial charge in [0.25, 0.3) is 0 Å². The van der Waals surface area contributed by atoms with Gasteiger partial charge in [0.05, 0.1) is 23.0 Å². The van der Waals surface area contributed by atoms with E-state index in [0.717, 1.165) is 39.8 Å². The SMILES string of the molecule is Cc1ccc(/C=C/c2nc3cc(-c4ccccc4NS(C)(=O)=O)ccc3[nH]2)cc1. The second-order valence-electron chi connectivity index (χ2n) is 7.02. The third-order valence-electron chi connectivity index (χ3n) is 4.55. The van der Waals surface area contributed by atoms with E-state index < -0.39 is 10.0 Å². The quantitative estimate of drug-likeness (QED) is 0.488. The Morgan fingerprint density at radius 2 is 1.72 bits per heavy atom. The van der Waals surface area contributed by atoms with Crippen molar-refractivity contribution in [1.29, 1.82) is 0 Å². The van der Waals surface area contributed by atoms with E-state index in [2.05, 4.69) is 45.9 Å². The number of sulfonamides is 1. The molecule has 2 N–H and O–H groups in total. The van der Waals surface area contributed by atoms with Crippen LogP contribution in [0.4, 0.5) is 5.69 Å². The highest BCUT2D eigenvalue weighted by molar-refractivity contribution is 7.92. The van der Waals surface area contributed by atoms with Crippen molar-refractivity contribution in [2.45, 2.75) is 6.92 Å². The summed E-state index contributed by atoms with van der Waals surface area (Å²) in [7, 11) is -3.36. The normalized spacial score (nSPS) is 11.9. The summed E-state index contributed by atoms with van der Waals surface area (Å²) < 4.78 is 25.9. The monoisotopic (exact) mass is 403 g/mol. The van der Waals surface area contributed by atoms with Crippen molar-refractivity contribution in [1.82, 2.24) is 9.97 Å². The van der Waals surface area contributed by atoms with Crippen LogP contribution in [0.2, 0.25) is 0 Å². The zero-order chi connectivity index (χ0) is 20.4. The minimum absolute atomic E-state index is 0.546. The van der Waals surface area contributed by atoms with Crippen LogP contribution in [0.15, 0.2) is 66.7 Å². The van der Waals surface area contributed by atoms with E-state index in [1.165, 1.54) is 5.56 Å². The number of aromatic amines is 1. The largest absolute Gasteiger partial charge is 0.338 e. The molecule has 0 aliphatic carbocycles. The number of imidazole rings is 1. The van der Waals surface area contributed by atoms with E-state index in [-0.39, 0.29) is 0 Å². The maximum Gasteiger partial charge on any atom is 0.229 e. The number of aromatic nitrogens is 2. The highest BCUT2D eigenvalue weighted by atomic mass is 32.2. The fourth-order valence-corrected chi connectivity index (χ4v) is 3.73. The van der Waals surface area contributed by atoms with Crippen LogP contribution in [0.3, 0.4) is 0 Å². The molecule has 0 radical (unpaired) electrons. The molecule has 0 aliphatic heterocycles. The molecular weight excluding hydrogens is 382 g/mol. The standard InChI is InChI=1S/C23H21N3O2S/c1-16-7-9-17(10-8-16)11-14-23-24-21-13-12-18(15-22(21)25-23)19-5-3-4-6-20(19)26-29(2,27)28/h3-15,26H,1-2H3,(H,24,25)/b14-11+. The molecule has 5 nitrogen and oxygen atoms in total. The Morgan fingerprint density at radius 1 is 0.966 bits per heavy atom. The first-order valence-corrected chi connectivity index (χ1v) is 11.1. The van der Waals surface area contributed by atoms with Gasteiger partial charge in [0.2, 0.25) is 10.0 Å². The van der Waals surface area contributed by atoms with Crippen LogP contribution >= 0.6 is 0 Å². The number of H-pyrrole nitrogens is 1. The number of benzene rings is 3. The fourth-order valence-electron chi connectivity index (χ4n) is 3.15. The zero-order valence-electron chi connectivity index (χ0n) is 16.2. The van der Waals surface area contributed by atoms with Gasteiger partial charge in [-0.2, -0.15) is 0 Å². The van der Waals surface area contributed by atoms with E-state index in [1.54, 1.807) is 12.1 Å². The van der Waals surface area contributed by atoms with E-state index in [0.29, 0.717) is 5.69 Å². The zero-order valence-corrected chi connectivity index (χ0v) is 17.0. The van der Waals surface area contributed by atoms with Gasteiger partial charge in [-0.3, -0.25) is 4.72 Å². The molecule has 0 aliphatic rings. The van der Waals surface area contributed by atoms with E-state index in [4.69, 9.17) is 0 Å². The van der Waals surface area contributed by atoms with Crippen LogP contribution in [-0.2, 0) is 10.0 Å². The van der Waals surface area contributed by atoms with Crippen molar-refractivity contribution in [2.24, 2.45) is 0 Å². The third-order valence-corrected chi connectivity index (χ3v) is 5.14. The van der Waals surface area contributed by atoms with Gasteiger partial charge in [-0.15, -0.1) is 0 Å². The molecule has 0 bridgehead atoms. The number of nitrogens with zero attached hydrogens (tertiary/aromatic N) is 1. The van der Waals surface area contributed by atoms with Gasteiger partial charge in [-0.1, -0.05) is 60.2 Å². The lowest BCUT2D eigenvalue weighted by Gasteiger charge is -2.10. The van der Waals surface area contributed by atoms with Gasteiger partial charge in [-0.05, 0) is 42.3 Å². The Balaban J connectivity index is 1.67. The van der Waals surface area contributed by atoms with Gasteiger partial charge < -0.3 is 4.98 Å². The van der Waals surface area contributed by atoms with Crippen LogP contribution in [-0.4, -0.2) is 24.6 Å². The summed E-state index contributed by atoms with van der Waals surface area (Å²) in [6.07, 6.45) is 5.11. The molecule has 0 saturated heterocycles. The second kappa shape index (κ2) is 7.56. The molecule has 0 saturated carbocycles. The average Bonchev–Trinajstić information content (AvgIpc) is 3.09. The first-order valence-electron chi connectivity index (χ1n) is 9.19. The maximum atomic E-state index is 11.7. The predicted molar refractivity (Wildman–Crippen MR) is 120 cm³/mol. The molecule has 146 valence electrons. The summed E-state index contributed by atoms with van der Waals surface area (Å²) in [5, 5.41) is 0. The lowest BCUT2D eigenvalue weighted by molar-refractivity contribution is 0.607. The fraction of sp³-hybridized carbons (Fsp3) is 0.0870. The first-order chi connectivity index (χ1) is 13.9. The molecule has 4 aromatic rings. The molecule has 29 heavy (non-hydrogen) atoms. The number of fused-ring (bicyclic) bond motifs is 1. The number of nitrogens with one attached hydrogen (secondary N) is 2. The van der Waals surface area contributed by atoms with Crippen molar-refractivity contribution >= 4 is 38.9 Å². The van der Waals surface area contributed by atoms with Crippen molar-refractivity contribution in [2.75, 3.05) is 11.0 Å². The van der Waals surface area contributed by atoms with Gasteiger partial charge in [0, 0.05) is 5.56 Å². The summed E-state index contributed by atoms with van der Waals surface area (Å²) in [6, 6.07) is 21.5. The van der Waals surface area contributed by atoms with Gasteiger partial charge in [0.15, 0.2) is 0 Å². The van der Waals surface area contributed by atoms with Gasteiger partial charge >= 0.3 is 0 Å². The molecule has 6 heteroatoms. The molecule has 0 unspecified atom stereocenters. The number of hydrogen-bond acceptors (Lipinski definition) is 3. The number of hydrogen-bond donors (Lipinski definition) is 2. The molecule has 0 amide bonds. The highest BCUT2D eigenvalue weighted by Crippen LogP contribution is 2.30. The van der Waals surface area contributed by atoms with Crippen LogP contribution in [0.1, 0.15) is 17.0 Å². The van der Waals surface area contributed by atoms with Gasteiger partial charge in [0.1, 0.15) is 5.82 Å². The van der Waals surface area contributed by atoms with E-state index in [9.17, 15) is 8.42 Å². The van der Waals surface area contributed by atoms with Crippen LogP contribution in [0.5, 0.6) is 0 Å². The first kappa shape index (κ1) is 19.0. The van der Waals surface area contributed by atoms with Crippen molar-refractivity contribution < 1.29 is 8.42 Å². The van der Waals surface area contributed by atoms with Crippen molar-refractivity contribution in [3.05, 3.63) is 83.7 Å². The number of anilines is 1. The Bertz CT molecular complexity index is 1300. The summed E-state index contributed by atoms with van der Waals surface area (Å²) in [5.74, 6) is 0.764. The van der Waals surface area contributed by atoms with Crippen LogP contribution in [0, 0.1) is 6.92 Å². The lowest BCUT2D eigenvalue weighted by atomic mass is 10.0. The summed E-state index contributed by atoms with van der Waals surface area (Å²) in [4.78, 5) is 7.95. The second-order valence-corrected chi connectivity index (χ2v) is 8.77. The topological polar surface area (TPSA) is 74.8 Å². The molecule has 0 atom stereocenters. The number of rotatable bonds is 5. The van der Waals surface area contributed by atoms with Crippen LogP contribution in [0.25, 0.3) is 34.3 Å². The molecule has 0 spiro atoms. The molecule has 3 aromatic carbocycles. The molecule has 1 heterocycles. The lowest BCUT2D eigenvalue weighted by Crippen LogP contribution is -2.10. The molecule has 1 aromatic heterocycles. The molecular formula is C23H21N3O2S. The minimum Gasteiger partial charge on any atom is -0.338 e. The predicted octanol–water partition coefficient (Wildman–Crippen LogP) is 5.08. The number of aryl methyl sites for hydroxylation is 1. The Morgan fingerprint density at radius 3 is 2.48 bits per heavy atom. The van der Waals surface area contributed by atoms with Crippen molar-refractivity contribution in [3.63, 3.8) is 0 Å². The third kappa shape index (κ3) is 4.55. The Kier molecular flexibility index (Phi) is 4.94. The van der Waals surface area contributed by atoms with E-state index in [1.807, 2.05) is 42.5 Å². The highest BCUT2D eigenvalue weighted by Gasteiger charge is 2.10. The smallest absolute Gasteiger partial charge is 0.229 e. The summed E-state index contributed by atoms with van der Waals surface area (Å²) >= 11 is 0. The van der Waals surface area contributed by atoms with Crippen molar-refractivity contribution in [3.8, 4) is 11.1 Å². The Hall–Kier alpha value is -3.38. The average molecular weight is 404 g/mol. The summed E-state index contributed by atoms with van der Waals surface area (Å²) in [6.45, 7) is 2.06. The minimum atomic E-state index is -3.36. The maximum absolute atomic E-state index is 11.7. The Labute approximate surface area is 170 Å². The van der Waals surface area contributed by atoms with Gasteiger partial charge in [-0.25, -0.2) is 13.4 Å². The summed E-state index contributed by atoms with van der Waals surface area (Å²) in [5.41, 5.74) is 6.32.